The van der Waals surface area contributed by atoms with E-state index < -0.39 is 0 Å². The van der Waals surface area contributed by atoms with Crippen molar-refractivity contribution in [2.24, 2.45) is 0 Å². The highest BCUT2D eigenvalue weighted by atomic mass is 16.5. The van der Waals surface area contributed by atoms with Gasteiger partial charge in [0.1, 0.15) is 0 Å². The number of nitriles is 1. The predicted molar refractivity (Wildman–Crippen MR) is 46.7 cm³/mol. The van der Waals surface area contributed by atoms with E-state index in [1.165, 1.54) is 7.11 Å². The Morgan fingerprint density at radius 2 is 2.15 bits per heavy atom. The lowest BCUT2D eigenvalue weighted by Gasteiger charge is -2.06. The van der Waals surface area contributed by atoms with Crippen LogP contribution >= 0.6 is 0 Å². The number of nitrogens with zero attached hydrogens (tertiary/aromatic N) is 2. The van der Waals surface area contributed by atoms with Gasteiger partial charge < -0.3 is 9.47 Å². The molecular formula is C9H10N2O2. The molecule has 0 N–H and O–H groups in total. The van der Waals surface area contributed by atoms with Gasteiger partial charge in [0, 0.05) is 0 Å². The Morgan fingerprint density at radius 1 is 1.38 bits per heavy atom. The van der Waals surface area contributed by atoms with Crippen LogP contribution in [0.1, 0.15) is 5.69 Å². The van der Waals surface area contributed by atoms with E-state index >= 15 is 0 Å². The van der Waals surface area contributed by atoms with Gasteiger partial charge in [-0.15, -0.1) is 0 Å². The minimum Gasteiger partial charge on any atom is -0.491 e. The molecule has 0 saturated carbocycles. The summed E-state index contributed by atoms with van der Waals surface area (Å²) in [4.78, 5) is 4.08. The molecule has 0 aliphatic carbocycles. The molecule has 13 heavy (non-hydrogen) atoms. The molecule has 0 bridgehead atoms. The van der Waals surface area contributed by atoms with Gasteiger partial charge in [0.2, 0.25) is 0 Å². The van der Waals surface area contributed by atoms with E-state index in [1.54, 1.807) is 19.2 Å². The fourth-order valence-electron chi connectivity index (χ4n) is 0.947. The van der Waals surface area contributed by atoms with Gasteiger partial charge in [0.25, 0.3) is 5.88 Å². The summed E-state index contributed by atoms with van der Waals surface area (Å²) >= 11 is 0. The highest BCUT2D eigenvalue weighted by molar-refractivity contribution is 5.35. The smallest absolute Gasteiger partial charge is 0.256 e. The summed E-state index contributed by atoms with van der Waals surface area (Å²) in [6, 6.07) is 5.49. The number of hydrogen-bond donors (Lipinski definition) is 0. The SMILES string of the molecule is COc1ccc(CC#N)nc1OC. The van der Waals surface area contributed by atoms with Crippen molar-refractivity contribution >= 4 is 0 Å². The normalized spacial score (nSPS) is 9.00. The molecule has 1 aromatic heterocycles. The van der Waals surface area contributed by atoms with Crippen molar-refractivity contribution in [3.05, 3.63) is 17.8 Å². The van der Waals surface area contributed by atoms with Crippen LogP contribution in [-0.2, 0) is 6.42 Å². The Balaban J connectivity index is 3.00. The van der Waals surface area contributed by atoms with Crippen LogP contribution in [0, 0.1) is 11.3 Å². The van der Waals surface area contributed by atoms with E-state index in [-0.39, 0.29) is 6.42 Å². The van der Waals surface area contributed by atoms with Crippen LogP contribution in [0.2, 0.25) is 0 Å². The van der Waals surface area contributed by atoms with Crippen molar-refractivity contribution in [2.75, 3.05) is 14.2 Å². The molecule has 0 amide bonds. The number of rotatable bonds is 3. The average molecular weight is 178 g/mol. The molecule has 0 aromatic carbocycles. The first-order valence-corrected chi connectivity index (χ1v) is 3.76. The van der Waals surface area contributed by atoms with Crippen molar-refractivity contribution in [1.82, 2.24) is 4.98 Å². The second kappa shape index (κ2) is 4.31. The average Bonchev–Trinajstić information content (AvgIpc) is 2.18. The molecule has 0 saturated heterocycles. The van der Waals surface area contributed by atoms with Crippen molar-refractivity contribution in [3.8, 4) is 17.7 Å². The topological polar surface area (TPSA) is 55.1 Å². The van der Waals surface area contributed by atoms with Crippen molar-refractivity contribution in [2.45, 2.75) is 6.42 Å². The van der Waals surface area contributed by atoms with Crippen molar-refractivity contribution in [3.63, 3.8) is 0 Å². The van der Waals surface area contributed by atoms with E-state index in [2.05, 4.69) is 4.98 Å². The van der Waals surface area contributed by atoms with E-state index in [0.717, 1.165) is 0 Å². The molecule has 0 atom stereocenters. The Labute approximate surface area is 76.7 Å². The molecular weight excluding hydrogens is 168 g/mol. The lowest BCUT2D eigenvalue weighted by atomic mass is 10.3. The molecule has 4 nitrogen and oxygen atoms in total. The molecule has 0 fully saturated rings. The van der Waals surface area contributed by atoms with Gasteiger partial charge in [0.15, 0.2) is 5.75 Å². The fourth-order valence-corrected chi connectivity index (χ4v) is 0.947. The fraction of sp³-hybridized carbons (Fsp3) is 0.333. The zero-order valence-corrected chi connectivity index (χ0v) is 7.57. The first-order valence-electron chi connectivity index (χ1n) is 3.76. The summed E-state index contributed by atoms with van der Waals surface area (Å²) in [5.74, 6) is 0.986. The standard InChI is InChI=1S/C9H10N2O2/c1-12-8-4-3-7(5-6-10)11-9(8)13-2/h3-4H,5H2,1-2H3. The van der Waals surface area contributed by atoms with Crippen molar-refractivity contribution in [1.29, 1.82) is 5.26 Å². The minimum atomic E-state index is 0.278. The molecule has 0 aliphatic heterocycles. The first kappa shape index (κ1) is 9.33. The largest absolute Gasteiger partial charge is 0.491 e. The van der Waals surface area contributed by atoms with E-state index in [4.69, 9.17) is 14.7 Å². The number of methoxy groups -OCH3 is 2. The molecule has 4 heteroatoms. The Morgan fingerprint density at radius 3 is 2.69 bits per heavy atom. The van der Waals surface area contributed by atoms with Crippen LogP contribution in [-0.4, -0.2) is 19.2 Å². The maximum Gasteiger partial charge on any atom is 0.256 e. The highest BCUT2D eigenvalue weighted by Crippen LogP contribution is 2.23. The minimum absolute atomic E-state index is 0.278. The second-order valence-corrected chi connectivity index (χ2v) is 2.35. The molecule has 1 aromatic rings. The van der Waals surface area contributed by atoms with Crippen LogP contribution in [0.15, 0.2) is 12.1 Å². The van der Waals surface area contributed by atoms with Gasteiger partial charge in [-0.25, -0.2) is 4.98 Å². The van der Waals surface area contributed by atoms with Gasteiger partial charge in [0.05, 0.1) is 32.4 Å². The lowest BCUT2D eigenvalue weighted by Crippen LogP contribution is -1.96. The number of aromatic nitrogens is 1. The van der Waals surface area contributed by atoms with Crippen LogP contribution in [0.25, 0.3) is 0 Å². The summed E-state index contributed by atoms with van der Waals surface area (Å²) in [5, 5.41) is 8.45. The van der Waals surface area contributed by atoms with Crippen LogP contribution in [0.5, 0.6) is 11.6 Å². The molecule has 0 aliphatic rings. The lowest BCUT2D eigenvalue weighted by molar-refractivity contribution is 0.342. The molecule has 0 radical (unpaired) electrons. The molecule has 1 rings (SSSR count). The summed E-state index contributed by atoms with van der Waals surface area (Å²) in [5.41, 5.74) is 0.681. The summed E-state index contributed by atoms with van der Waals surface area (Å²) in [6.45, 7) is 0. The van der Waals surface area contributed by atoms with Gasteiger partial charge in [-0.05, 0) is 12.1 Å². The van der Waals surface area contributed by atoms with Gasteiger partial charge >= 0.3 is 0 Å². The number of hydrogen-bond acceptors (Lipinski definition) is 4. The first-order chi connectivity index (χ1) is 6.31. The molecule has 68 valence electrons. The van der Waals surface area contributed by atoms with Crippen LogP contribution in [0.3, 0.4) is 0 Å². The highest BCUT2D eigenvalue weighted by Gasteiger charge is 2.05. The third kappa shape index (κ3) is 2.09. The van der Waals surface area contributed by atoms with Crippen LogP contribution in [0.4, 0.5) is 0 Å². The van der Waals surface area contributed by atoms with E-state index in [1.807, 2.05) is 6.07 Å². The second-order valence-electron chi connectivity index (χ2n) is 2.35. The monoisotopic (exact) mass is 178 g/mol. The van der Waals surface area contributed by atoms with Gasteiger partial charge in [-0.2, -0.15) is 5.26 Å². The Hall–Kier alpha value is -1.76. The molecule has 0 unspecified atom stereocenters. The molecule has 0 spiro atoms. The van der Waals surface area contributed by atoms with Gasteiger partial charge in [-0.3, -0.25) is 0 Å². The maximum atomic E-state index is 8.45. The van der Waals surface area contributed by atoms with Gasteiger partial charge in [-0.1, -0.05) is 0 Å². The molecule has 1 heterocycles. The summed E-state index contributed by atoms with van der Waals surface area (Å²) < 4.78 is 9.98. The zero-order chi connectivity index (χ0) is 9.68. The number of pyridine rings is 1. The third-order valence-electron chi connectivity index (χ3n) is 1.56. The van der Waals surface area contributed by atoms with Crippen LogP contribution < -0.4 is 9.47 Å². The zero-order valence-electron chi connectivity index (χ0n) is 7.57. The quantitative estimate of drug-likeness (QED) is 0.697. The van der Waals surface area contributed by atoms with E-state index in [0.29, 0.717) is 17.3 Å². The Kier molecular flexibility index (Phi) is 3.09. The summed E-state index contributed by atoms with van der Waals surface area (Å²) in [7, 11) is 3.06. The summed E-state index contributed by atoms with van der Waals surface area (Å²) in [6.07, 6.45) is 0.278. The Bertz CT molecular complexity index is 331. The predicted octanol–water partition coefficient (Wildman–Crippen LogP) is 1.16. The van der Waals surface area contributed by atoms with Crippen molar-refractivity contribution < 1.29 is 9.47 Å². The maximum absolute atomic E-state index is 8.45. The third-order valence-corrected chi connectivity index (χ3v) is 1.56. The number of ether oxygens (including phenoxy) is 2. The van der Waals surface area contributed by atoms with E-state index in [9.17, 15) is 0 Å².